The van der Waals surface area contributed by atoms with E-state index in [1.807, 2.05) is 0 Å². The molecular formula is C77H122O6. The van der Waals surface area contributed by atoms with E-state index in [1.165, 1.54) is 89.9 Å². The van der Waals surface area contributed by atoms with Crippen molar-refractivity contribution in [2.75, 3.05) is 13.2 Å². The molecule has 6 heteroatoms. The average molecular weight is 1140 g/mol. The van der Waals surface area contributed by atoms with Gasteiger partial charge in [-0.3, -0.25) is 14.4 Å². The molecule has 0 amide bonds. The zero-order valence-electron chi connectivity index (χ0n) is 53.4. The van der Waals surface area contributed by atoms with Crippen LogP contribution in [0.4, 0.5) is 0 Å². The van der Waals surface area contributed by atoms with Crippen LogP contribution in [-0.2, 0) is 28.6 Å². The van der Waals surface area contributed by atoms with Gasteiger partial charge in [-0.05, 0) is 128 Å². The third-order valence-corrected chi connectivity index (χ3v) is 13.7. The molecule has 0 aromatic rings. The van der Waals surface area contributed by atoms with Crippen molar-refractivity contribution in [2.24, 2.45) is 0 Å². The van der Waals surface area contributed by atoms with Gasteiger partial charge in [0.2, 0.25) is 0 Å². The van der Waals surface area contributed by atoms with Crippen molar-refractivity contribution >= 4 is 17.9 Å². The number of esters is 3. The number of hydrogen-bond donors (Lipinski definition) is 0. The molecule has 0 heterocycles. The zero-order valence-corrected chi connectivity index (χ0v) is 53.4. The fraction of sp³-hybridized carbons (Fsp3) is 0.597. The maximum Gasteiger partial charge on any atom is 0.306 e. The molecule has 0 aromatic carbocycles. The number of allylic oxidation sites excluding steroid dienone is 28. The van der Waals surface area contributed by atoms with Gasteiger partial charge < -0.3 is 14.2 Å². The topological polar surface area (TPSA) is 78.9 Å². The highest BCUT2D eigenvalue weighted by Gasteiger charge is 2.19. The van der Waals surface area contributed by atoms with E-state index < -0.39 is 6.10 Å². The molecule has 0 rings (SSSR count). The Bertz CT molecular complexity index is 1890. The van der Waals surface area contributed by atoms with E-state index in [-0.39, 0.29) is 37.5 Å². The maximum atomic E-state index is 12.9. The predicted molar refractivity (Wildman–Crippen MR) is 361 cm³/mol. The van der Waals surface area contributed by atoms with E-state index in [4.69, 9.17) is 14.2 Å². The number of rotatable bonds is 59. The summed E-state index contributed by atoms with van der Waals surface area (Å²) in [5.41, 5.74) is 0. The first-order valence-electron chi connectivity index (χ1n) is 33.6. The molecule has 0 bridgehead atoms. The lowest BCUT2D eigenvalue weighted by atomic mass is 10.1. The Hall–Kier alpha value is -5.23. The molecular weight excluding hydrogens is 1020 g/mol. The van der Waals surface area contributed by atoms with E-state index in [1.54, 1.807) is 0 Å². The molecule has 1 unspecified atom stereocenters. The molecule has 0 spiro atoms. The predicted octanol–water partition coefficient (Wildman–Crippen LogP) is 23.4. The molecule has 0 aliphatic carbocycles. The molecule has 83 heavy (non-hydrogen) atoms. The SMILES string of the molecule is CC/C=C\C/C=C\C/C=C\C/C=C\C/C=C\C/C=C\C/C=C\C/C=C\C/C=C\CCCC(=O)OCC(COC(=O)CCCCCCCCCCCCC)OC(=O)CCCCCCCCCCC/C=C\C/C=C\C/C=C\C/C=C\C/C=C\CC. The Labute approximate surface area is 511 Å². The summed E-state index contributed by atoms with van der Waals surface area (Å²) in [4.78, 5) is 38.3. The Kier molecular flexibility index (Phi) is 64.9. The fourth-order valence-electron chi connectivity index (χ4n) is 8.77. The molecule has 0 fully saturated rings. The van der Waals surface area contributed by atoms with Gasteiger partial charge >= 0.3 is 17.9 Å². The maximum absolute atomic E-state index is 12.9. The van der Waals surface area contributed by atoms with Gasteiger partial charge in [0.05, 0.1) is 0 Å². The Balaban J connectivity index is 4.42. The van der Waals surface area contributed by atoms with Crippen LogP contribution in [0.25, 0.3) is 0 Å². The van der Waals surface area contributed by atoms with E-state index in [0.29, 0.717) is 19.3 Å². The van der Waals surface area contributed by atoms with Crippen molar-refractivity contribution < 1.29 is 28.6 Å². The highest BCUT2D eigenvalue weighted by Crippen LogP contribution is 2.15. The first-order valence-corrected chi connectivity index (χ1v) is 33.6. The molecule has 0 saturated heterocycles. The minimum absolute atomic E-state index is 0.103. The van der Waals surface area contributed by atoms with Gasteiger partial charge in [-0.25, -0.2) is 0 Å². The lowest BCUT2D eigenvalue weighted by Crippen LogP contribution is -2.30. The third-order valence-electron chi connectivity index (χ3n) is 13.7. The summed E-state index contributed by atoms with van der Waals surface area (Å²) in [6.45, 7) is 6.35. The van der Waals surface area contributed by atoms with Gasteiger partial charge in [-0.2, -0.15) is 0 Å². The van der Waals surface area contributed by atoms with Crippen LogP contribution in [0.2, 0.25) is 0 Å². The summed E-state index contributed by atoms with van der Waals surface area (Å²) >= 11 is 0. The van der Waals surface area contributed by atoms with Crippen LogP contribution >= 0.6 is 0 Å². The largest absolute Gasteiger partial charge is 0.462 e. The molecule has 0 aliphatic heterocycles. The number of carbonyl (C=O) groups is 3. The monoisotopic (exact) mass is 1140 g/mol. The minimum Gasteiger partial charge on any atom is -0.462 e. The minimum atomic E-state index is -0.813. The van der Waals surface area contributed by atoms with Gasteiger partial charge in [0.15, 0.2) is 6.10 Å². The van der Waals surface area contributed by atoms with Crippen molar-refractivity contribution in [1.29, 1.82) is 0 Å². The molecule has 466 valence electrons. The smallest absolute Gasteiger partial charge is 0.306 e. The number of unbranched alkanes of at least 4 members (excludes halogenated alkanes) is 20. The van der Waals surface area contributed by atoms with Crippen molar-refractivity contribution in [2.45, 2.75) is 284 Å². The second-order valence-electron chi connectivity index (χ2n) is 21.6. The quantitative estimate of drug-likeness (QED) is 0.0261. The second kappa shape index (κ2) is 69.3. The van der Waals surface area contributed by atoms with Gasteiger partial charge in [-0.15, -0.1) is 0 Å². The molecule has 0 radical (unpaired) electrons. The first-order chi connectivity index (χ1) is 41.0. The van der Waals surface area contributed by atoms with Crippen LogP contribution in [0.5, 0.6) is 0 Å². The van der Waals surface area contributed by atoms with Crippen LogP contribution in [0, 0.1) is 0 Å². The van der Waals surface area contributed by atoms with E-state index in [2.05, 4.69) is 191 Å². The number of ether oxygens (including phenoxy) is 3. The van der Waals surface area contributed by atoms with Crippen LogP contribution < -0.4 is 0 Å². The summed E-state index contributed by atoms with van der Waals surface area (Å²) in [6, 6.07) is 0. The van der Waals surface area contributed by atoms with E-state index in [0.717, 1.165) is 141 Å². The van der Waals surface area contributed by atoms with Crippen LogP contribution in [0.1, 0.15) is 278 Å². The molecule has 0 N–H and O–H groups in total. The fourth-order valence-corrected chi connectivity index (χ4v) is 8.77. The molecule has 0 saturated carbocycles. The first kappa shape index (κ1) is 77.8. The van der Waals surface area contributed by atoms with Crippen molar-refractivity contribution in [3.63, 3.8) is 0 Å². The zero-order chi connectivity index (χ0) is 59.9. The Morgan fingerprint density at radius 3 is 0.783 bits per heavy atom. The molecule has 0 aliphatic rings. The highest BCUT2D eigenvalue weighted by atomic mass is 16.6. The van der Waals surface area contributed by atoms with Crippen LogP contribution in [-0.4, -0.2) is 37.2 Å². The van der Waals surface area contributed by atoms with Crippen molar-refractivity contribution in [3.05, 3.63) is 170 Å². The second-order valence-corrected chi connectivity index (χ2v) is 21.6. The summed E-state index contributed by atoms with van der Waals surface area (Å²) in [6.07, 6.45) is 102. The van der Waals surface area contributed by atoms with E-state index in [9.17, 15) is 14.4 Å². The summed E-state index contributed by atoms with van der Waals surface area (Å²) in [5.74, 6) is -0.975. The Morgan fingerprint density at radius 1 is 0.253 bits per heavy atom. The molecule has 0 aromatic heterocycles. The number of hydrogen-bond acceptors (Lipinski definition) is 6. The van der Waals surface area contributed by atoms with Crippen molar-refractivity contribution in [1.82, 2.24) is 0 Å². The van der Waals surface area contributed by atoms with Crippen LogP contribution in [0.15, 0.2) is 170 Å². The summed E-state index contributed by atoms with van der Waals surface area (Å²) in [7, 11) is 0. The van der Waals surface area contributed by atoms with Gasteiger partial charge in [0, 0.05) is 19.3 Å². The third kappa shape index (κ3) is 67.4. The van der Waals surface area contributed by atoms with Crippen LogP contribution in [0.3, 0.4) is 0 Å². The summed E-state index contributed by atoms with van der Waals surface area (Å²) < 4.78 is 16.9. The van der Waals surface area contributed by atoms with Crippen molar-refractivity contribution in [3.8, 4) is 0 Å². The summed E-state index contributed by atoms with van der Waals surface area (Å²) in [5, 5.41) is 0. The number of carbonyl (C=O) groups excluding carboxylic acids is 3. The molecule has 6 nitrogen and oxygen atoms in total. The van der Waals surface area contributed by atoms with Gasteiger partial charge in [-0.1, -0.05) is 300 Å². The van der Waals surface area contributed by atoms with Gasteiger partial charge in [0.1, 0.15) is 13.2 Å². The Morgan fingerprint density at radius 2 is 0.482 bits per heavy atom. The lowest BCUT2D eigenvalue weighted by Gasteiger charge is -2.18. The average Bonchev–Trinajstić information content (AvgIpc) is 3.48. The lowest BCUT2D eigenvalue weighted by molar-refractivity contribution is -0.167. The van der Waals surface area contributed by atoms with Gasteiger partial charge in [0.25, 0.3) is 0 Å². The normalized spacial score (nSPS) is 13.2. The molecule has 1 atom stereocenters. The standard InChI is InChI=1S/C77H122O6/c1-4-7-10-13-16-19-22-24-26-28-30-32-34-36-37-38-39-41-42-44-46-48-50-52-55-58-61-64-67-70-76(79)82-73-74(72-81-75(78)69-66-63-60-57-54-21-18-15-12-9-6-3)83-77(80)71-68-65-62-59-56-53-51-49-47-45-43-40-35-33-31-29-27-25-23-20-17-14-11-8-5-2/h7-8,10-11,16-17,19-20,24-27,30-33,36-37,39-41,43-44,46,50,52,58,61,74H,4-6,9,12-15,18,21-23,28-29,34-35,38,42,45,47-49,51,53-57,59-60,62-73H2,1-3H3/b10-7-,11-8-,19-16-,20-17-,26-24-,27-25-,32-30-,33-31-,37-36-,41-39-,43-40-,46-44-,52-50-,61-58-. The highest BCUT2D eigenvalue weighted by molar-refractivity contribution is 5.71. The van der Waals surface area contributed by atoms with E-state index >= 15 is 0 Å².